The van der Waals surface area contributed by atoms with Gasteiger partial charge in [-0.3, -0.25) is 4.79 Å². The van der Waals surface area contributed by atoms with Crippen molar-refractivity contribution in [3.8, 4) is 5.69 Å². The highest BCUT2D eigenvalue weighted by Crippen LogP contribution is 2.22. The lowest BCUT2D eigenvalue weighted by molar-refractivity contribution is 0.0927. The van der Waals surface area contributed by atoms with Crippen LogP contribution in [-0.2, 0) is 0 Å². The van der Waals surface area contributed by atoms with Crippen molar-refractivity contribution < 1.29 is 9.90 Å². The van der Waals surface area contributed by atoms with E-state index in [2.05, 4.69) is 15.7 Å². The standard InChI is InChI=1S/C17H21ClN4O2/c1-10-16(18)11(2)22(21-10)14-5-3-12(4-6-14)17(24)20-8-13-7-19-9-15(13)23/h3-6,13,15,19,23H,7-9H2,1-2H3,(H,20,24). The summed E-state index contributed by atoms with van der Waals surface area (Å²) < 4.78 is 1.76. The average molecular weight is 349 g/mol. The Labute approximate surface area is 145 Å². The predicted octanol–water partition coefficient (Wildman–Crippen LogP) is 1.45. The van der Waals surface area contributed by atoms with Gasteiger partial charge < -0.3 is 15.7 Å². The average Bonchev–Trinajstić information content (AvgIpc) is 3.11. The number of nitrogens with one attached hydrogen (secondary N) is 2. The number of rotatable bonds is 4. The van der Waals surface area contributed by atoms with Crippen molar-refractivity contribution in [1.82, 2.24) is 20.4 Å². The van der Waals surface area contributed by atoms with E-state index >= 15 is 0 Å². The van der Waals surface area contributed by atoms with Gasteiger partial charge >= 0.3 is 0 Å². The van der Waals surface area contributed by atoms with Crippen LogP contribution in [0.4, 0.5) is 0 Å². The third kappa shape index (κ3) is 3.31. The molecule has 24 heavy (non-hydrogen) atoms. The number of aliphatic hydroxyl groups is 1. The van der Waals surface area contributed by atoms with Gasteiger partial charge in [-0.1, -0.05) is 11.6 Å². The lowest BCUT2D eigenvalue weighted by atomic mass is 10.1. The molecule has 1 amide bonds. The van der Waals surface area contributed by atoms with Crippen LogP contribution in [0.2, 0.25) is 5.02 Å². The zero-order valence-electron chi connectivity index (χ0n) is 13.7. The van der Waals surface area contributed by atoms with Crippen LogP contribution in [0.25, 0.3) is 5.69 Å². The van der Waals surface area contributed by atoms with Crippen molar-refractivity contribution in [2.75, 3.05) is 19.6 Å². The Morgan fingerprint density at radius 1 is 1.38 bits per heavy atom. The predicted molar refractivity (Wildman–Crippen MR) is 92.7 cm³/mol. The van der Waals surface area contributed by atoms with E-state index < -0.39 is 6.10 Å². The molecule has 0 saturated carbocycles. The van der Waals surface area contributed by atoms with Gasteiger partial charge in [0.1, 0.15) is 0 Å². The number of aliphatic hydroxyl groups excluding tert-OH is 1. The normalized spacial score (nSPS) is 20.3. The van der Waals surface area contributed by atoms with E-state index in [1.165, 1.54) is 0 Å². The first-order valence-electron chi connectivity index (χ1n) is 7.96. The highest BCUT2D eigenvalue weighted by Gasteiger charge is 2.25. The summed E-state index contributed by atoms with van der Waals surface area (Å²) in [5, 5.41) is 20.8. The zero-order valence-corrected chi connectivity index (χ0v) is 14.5. The summed E-state index contributed by atoms with van der Waals surface area (Å²) >= 11 is 6.17. The maximum absolute atomic E-state index is 12.2. The molecule has 2 heterocycles. The molecular formula is C17H21ClN4O2. The summed E-state index contributed by atoms with van der Waals surface area (Å²) in [6.45, 7) is 5.53. The van der Waals surface area contributed by atoms with Crippen LogP contribution < -0.4 is 10.6 Å². The number of benzene rings is 1. The number of carbonyl (C=O) groups is 1. The minimum absolute atomic E-state index is 0.0602. The summed E-state index contributed by atoms with van der Waals surface area (Å²) in [4.78, 5) is 12.2. The molecule has 0 spiro atoms. The van der Waals surface area contributed by atoms with Crippen molar-refractivity contribution in [2.24, 2.45) is 5.92 Å². The Kier molecular flexibility index (Phi) is 4.89. The van der Waals surface area contributed by atoms with Gasteiger partial charge in [-0.05, 0) is 38.1 Å². The number of nitrogens with zero attached hydrogens (tertiary/aromatic N) is 2. The Bertz CT molecular complexity index is 742. The molecule has 7 heteroatoms. The molecule has 6 nitrogen and oxygen atoms in total. The monoisotopic (exact) mass is 348 g/mol. The lowest BCUT2D eigenvalue weighted by Gasteiger charge is -2.14. The van der Waals surface area contributed by atoms with Crippen LogP contribution in [0.1, 0.15) is 21.7 Å². The van der Waals surface area contributed by atoms with Crippen LogP contribution in [0, 0.1) is 19.8 Å². The van der Waals surface area contributed by atoms with Gasteiger partial charge in [-0.25, -0.2) is 4.68 Å². The highest BCUT2D eigenvalue weighted by atomic mass is 35.5. The summed E-state index contributed by atoms with van der Waals surface area (Å²) in [5.41, 5.74) is 3.08. The van der Waals surface area contributed by atoms with Gasteiger partial charge in [0.25, 0.3) is 5.91 Å². The Hall–Kier alpha value is -1.89. The maximum atomic E-state index is 12.2. The van der Waals surface area contributed by atoms with Crippen LogP contribution in [0.3, 0.4) is 0 Å². The molecule has 2 aromatic rings. The second kappa shape index (κ2) is 6.93. The molecule has 128 valence electrons. The molecule has 2 unspecified atom stereocenters. The fraction of sp³-hybridized carbons (Fsp3) is 0.412. The van der Waals surface area contributed by atoms with Gasteiger partial charge in [0.2, 0.25) is 0 Å². The molecule has 0 aliphatic carbocycles. The molecule has 3 N–H and O–H groups in total. The molecule has 1 aromatic heterocycles. The van der Waals surface area contributed by atoms with Crippen LogP contribution in [0.15, 0.2) is 24.3 Å². The molecule has 0 radical (unpaired) electrons. The first-order chi connectivity index (χ1) is 11.5. The minimum atomic E-state index is -0.400. The number of halogens is 1. The molecule has 1 aliphatic heterocycles. The fourth-order valence-electron chi connectivity index (χ4n) is 2.88. The van der Waals surface area contributed by atoms with E-state index in [1.54, 1.807) is 16.8 Å². The molecule has 1 fully saturated rings. The molecule has 1 aromatic carbocycles. The number of hydrogen-bond donors (Lipinski definition) is 3. The SMILES string of the molecule is Cc1nn(-c2ccc(C(=O)NCC3CNCC3O)cc2)c(C)c1Cl. The van der Waals surface area contributed by atoms with Gasteiger partial charge in [0.05, 0.1) is 28.2 Å². The van der Waals surface area contributed by atoms with E-state index in [0.717, 1.165) is 23.6 Å². The number of amides is 1. The van der Waals surface area contributed by atoms with Gasteiger partial charge in [-0.15, -0.1) is 0 Å². The fourth-order valence-corrected chi connectivity index (χ4v) is 3.00. The lowest BCUT2D eigenvalue weighted by Crippen LogP contribution is -2.34. The first-order valence-corrected chi connectivity index (χ1v) is 8.34. The Morgan fingerprint density at radius 2 is 2.08 bits per heavy atom. The van der Waals surface area contributed by atoms with Crippen LogP contribution >= 0.6 is 11.6 Å². The number of carbonyl (C=O) groups excluding carboxylic acids is 1. The van der Waals surface area contributed by atoms with Crippen molar-refractivity contribution in [2.45, 2.75) is 20.0 Å². The molecule has 2 atom stereocenters. The van der Waals surface area contributed by atoms with Crippen molar-refractivity contribution in [3.63, 3.8) is 0 Å². The summed E-state index contributed by atoms with van der Waals surface area (Å²) in [5.74, 6) is -0.0860. The number of β-amino-alcohol motifs (C(OH)–C–C–N with tert-alkyl or cyclic N) is 1. The Balaban J connectivity index is 1.67. The van der Waals surface area contributed by atoms with Crippen LogP contribution in [0.5, 0.6) is 0 Å². The van der Waals surface area contributed by atoms with E-state index in [4.69, 9.17) is 11.6 Å². The van der Waals surface area contributed by atoms with Gasteiger partial charge in [0, 0.05) is 31.1 Å². The molecular weight excluding hydrogens is 328 g/mol. The quantitative estimate of drug-likeness (QED) is 0.781. The maximum Gasteiger partial charge on any atom is 0.251 e. The molecule has 0 bridgehead atoms. The second-order valence-electron chi connectivity index (χ2n) is 6.14. The third-order valence-corrected chi connectivity index (χ3v) is 4.95. The van der Waals surface area contributed by atoms with Gasteiger partial charge in [-0.2, -0.15) is 5.10 Å². The smallest absolute Gasteiger partial charge is 0.251 e. The highest BCUT2D eigenvalue weighted by molar-refractivity contribution is 6.31. The largest absolute Gasteiger partial charge is 0.391 e. The molecule has 1 saturated heterocycles. The number of aromatic nitrogens is 2. The topological polar surface area (TPSA) is 79.2 Å². The number of aryl methyl sites for hydroxylation is 1. The molecule has 3 rings (SSSR count). The van der Waals surface area contributed by atoms with Gasteiger partial charge in [0.15, 0.2) is 0 Å². The second-order valence-corrected chi connectivity index (χ2v) is 6.52. The van der Waals surface area contributed by atoms with E-state index in [1.807, 2.05) is 26.0 Å². The van der Waals surface area contributed by atoms with Crippen molar-refractivity contribution in [1.29, 1.82) is 0 Å². The third-order valence-electron chi connectivity index (χ3n) is 4.41. The summed E-state index contributed by atoms with van der Waals surface area (Å²) in [7, 11) is 0. The van der Waals surface area contributed by atoms with Crippen molar-refractivity contribution >= 4 is 17.5 Å². The van der Waals surface area contributed by atoms with E-state index in [9.17, 15) is 9.90 Å². The zero-order chi connectivity index (χ0) is 17.3. The first kappa shape index (κ1) is 17.0. The molecule has 1 aliphatic rings. The van der Waals surface area contributed by atoms with E-state index in [0.29, 0.717) is 23.7 Å². The van der Waals surface area contributed by atoms with Crippen molar-refractivity contribution in [3.05, 3.63) is 46.2 Å². The van der Waals surface area contributed by atoms with E-state index in [-0.39, 0.29) is 11.8 Å². The number of hydrogen-bond acceptors (Lipinski definition) is 4. The summed E-state index contributed by atoms with van der Waals surface area (Å²) in [6, 6.07) is 7.21. The minimum Gasteiger partial charge on any atom is -0.391 e. The Morgan fingerprint density at radius 3 is 2.62 bits per heavy atom. The summed E-state index contributed by atoms with van der Waals surface area (Å²) in [6.07, 6.45) is -0.400. The van der Waals surface area contributed by atoms with Crippen LogP contribution in [-0.4, -0.2) is 46.5 Å².